The second-order valence-corrected chi connectivity index (χ2v) is 8.76. The molecular formula is C23H25F3N2O2RuS. The van der Waals surface area contributed by atoms with Gasteiger partial charge in [-0.25, -0.2) is 8.42 Å². The van der Waals surface area contributed by atoms with Crippen LogP contribution in [0.4, 0.5) is 13.2 Å². The molecule has 0 aliphatic rings. The van der Waals surface area contributed by atoms with Gasteiger partial charge in [-0.05, 0) is 25.0 Å². The first-order chi connectivity index (χ1) is 14.5. The number of nitrogens with two attached hydrogens (primary N) is 1. The molecule has 3 rings (SSSR count). The van der Waals surface area contributed by atoms with Crippen LogP contribution in [0.3, 0.4) is 0 Å². The molecule has 0 radical (unpaired) electrons. The number of nitrogens with one attached hydrogen (secondary N) is 1. The number of alkyl halides is 3. The van der Waals surface area contributed by atoms with Crippen LogP contribution in [0.1, 0.15) is 34.3 Å². The number of hydrogen-bond donors (Lipinski definition) is 2. The normalized spacial score (nSPS) is 13.2. The van der Waals surface area contributed by atoms with Crippen LogP contribution >= 0.6 is 0 Å². The molecule has 0 saturated heterocycles. The van der Waals surface area contributed by atoms with Crippen LogP contribution in [0.25, 0.3) is 0 Å². The molecule has 9 heteroatoms. The van der Waals surface area contributed by atoms with E-state index in [1.807, 2.05) is 0 Å². The molecule has 0 bridgehead atoms. The molecule has 0 saturated carbocycles. The largest absolute Gasteiger partial charge is 0.511 e. The Kier molecular flexibility index (Phi) is 10.7. The van der Waals surface area contributed by atoms with Crippen molar-refractivity contribution in [3.8, 4) is 0 Å². The summed E-state index contributed by atoms with van der Waals surface area (Å²) in [4.78, 5) is 0. The van der Waals surface area contributed by atoms with E-state index < -0.39 is 27.6 Å². The van der Waals surface area contributed by atoms with E-state index in [2.05, 4.69) is 38.1 Å². The minimum atomic E-state index is -5.53. The molecule has 4 nitrogen and oxygen atoms in total. The second-order valence-electron chi connectivity index (χ2n) is 7.05. The van der Waals surface area contributed by atoms with Gasteiger partial charge in [-0.15, -0.1) is 0 Å². The summed E-state index contributed by atoms with van der Waals surface area (Å²) in [7, 11) is -5.53. The Bertz CT molecular complexity index is 1050. The molecule has 32 heavy (non-hydrogen) atoms. The first kappa shape index (κ1) is 28.0. The van der Waals surface area contributed by atoms with Crippen LogP contribution in [-0.2, 0) is 29.5 Å². The minimum absolute atomic E-state index is 0. The fraction of sp³-hybridized carbons (Fsp3) is 0.217. The Hall–Kier alpha value is -2.06. The van der Waals surface area contributed by atoms with Gasteiger partial charge in [-0.2, -0.15) is 17.9 Å². The third-order valence-electron chi connectivity index (χ3n) is 4.46. The summed E-state index contributed by atoms with van der Waals surface area (Å²) < 4.78 is 62.7. The molecule has 0 spiro atoms. The third kappa shape index (κ3) is 8.13. The summed E-state index contributed by atoms with van der Waals surface area (Å²) in [5.41, 5.74) is 4.16. The maximum Gasteiger partial charge on any atom is 0.511 e. The van der Waals surface area contributed by atoms with Crippen LogP contribution in [0.5, 0.6) is 0 Å². The smallest absolute Gasteiger partial charge is 0.322 e. The van der Waals surface area contributed by atoms with Gasteiger partial charge in [0.05, 0.1) is 12.1 Å². The predicted molar refractivity (Wildman–Crippen MR) is 117 cm³/mol. The summed E-state index contributed by atoms with van der Waals surface area (Å²) in [5, 5.41) is 0. The fourth-order valence-electron chi connectivity index (χ4n) is 2.92. The molecule has 0 aliphatic carbocycles. The van der Waals surface area contributed by atoms with Gasteiger partial charge in [0.2, 0.25) is 0 Å². The molecule has 3 aromatic rings. The van der Waals surface area contributed by atoms with Crippen molar-refractivity contribution in [3.63, 3.8) is 0 Å². The van der Waals surface area contributed by atoms with Crippen molar-refractivity contribution in [1.29, 1.82) is 0 Å². The summed E-state index contributed by atoms with van der Waals surface area (Å²) in [6.07, 6.45) is 0. The molecule has 2 atom stereocenters. The Morgan fingerprint density at radius 1 is 0.781 bits per heavy atom. The van der Waals surface area contributed by atoms with Crippen molar-refractivity contribution in [1.82, 2.24) is 4.72 Å². The van der Waals surface area contributed by atoms with E-state index in [4.69, 9.17) is 5.73 Å². The molecule has 174 valence electrons. The first-order valence-electron chi connectivity index (χ1n) is 9.48. The Morgan fingerprint density at radius 2 is 1.22 bits per heavy atom. The van der Waals surface area contributed by atoms with E-state index in [1.54, 1.807) is 53.3 Å². The Labute approximate surface area is 199 Å². The van der Waals surface area contributed by atoms with E-state index in [0.29, 0.717) is 11.1 Å². The second kappa shape index (κ2) is 12.3. The zero-order chi connectivity index (χ0) is 23.1. The fourth-order valence-corrected chi connectivity index (χ4v) is 3.67. The zero-order valence-electron chi connectivity index (χ0n) is 17.5. The van der Waals surface area contributed by atoms with E-state index >= 15 is 0 Å². The molecule has 3 aromatic carbocycles. The molecule has 0 amide bonds. The summed E-state index contributed by atoms with van der Waals surface area (Å²) >= 11 is 0. The number of hydrogen-bond acceptors (Lipinski definition) is 3. The van der Waals surface area contributed by atoms with Crippen molar-refractivity contribution in [2.24, 2.45) is 5.73 Å². The van der Waals surface area contributed by atoms with Gasteiger partial charge in [-0.1, -0.05) is 96.1 Å². The van der Waals surface area contributed by atoms with Gasteiger partial charge in [0.15, 0.2) is 0 Å². The predicted octanol–water partition coefficient (Wildman–Crippen LogP) is 5.17. The van der Waals surface area contributed by atoms with Gasteiger partial charge in [0, 0.05) is 19.5 Å². The number of aryl methyl sites for hydroxylation is 2. The molecular weight excluding hydrogens is 526 g/mol. The van der Waals surface area contributed by atoms with Crippen LogP contribution < -0.4 is 10.5 Å². The maximum atomic E-state index is 12.7. The Morgan fingerprint density at radius 3 is 1.59 bits per heavy atom. The zero-order valence-corrected chi connectivity index (χ0v) is 20.1. The SMILES string of the molecule is Cc1cccc(C)c1.N[C@H](c1ccccc1)[C@H](NS(=O)(=O)C(F)(F)F)c1ccccc1.[Ru]. The monoisotopic (exact) mass is 552 g/mol. The molecule has 0 fully saturated rings. The quantitative estimate of drug-likeness (QED) is 0.430. The Balaban J connectivity index is 0.000000480. The van der Waals surface area contributed by atoms with Crippen molar-refractivity contribution in [2.45, 2.75) is 31.4 Å². The van der Waals surface area contributed by atoms with E-state index in [0.717, 1.165) is 0 Å². The third-order valence-corrected chi connectivity index (χ3v) is 5.64. The number of halogens is 3. The first-order valence-corrected chi connectivity index (χ1v) is 11.0. The van der Waals surface area contributed by atoms with Gasteiger partial charge in [-0.3, -0.25) is 0 Å². The average Bonchev–Trinajstić information content (AvgIpc) is 2.72. The number of benzene rings is 3. The molecule has 3 N–H and O–H groups in total. The van der Waals surface area contributed by atoms with E-state index in [9.17, 15) is 21.6 Å². The van der Waals surface area contributed by atoms with Crippen molar-refractivity contribution < 1.29 is 41.1 Å². The average molecular weight is 552 g/mol. The van der Waals surface area contributed by atoms with Gasteiger partial charge in [0.25, 0.3) is 0 Å². The van der Waals surface area contributed by atoms with Crippen molar-refractivity contribution >= 4 is 10.0 Å². The van der Waals surface area contributed by atoms with Gasteiger partial charge >= 0.3 is 15.5 Å². The van der Waals surface area contributed by atoms with Crippen molar-refractivity contribution in [3.05, 3.63) is 107 Å². The number of sulfonamides is 1. The van der Waals surface area contributed by atoms with Crippen LogP contribution in [0.15, 0.2) is 84.9 Å². The van der Waals surface area contributed by atoms with E-state index in [-0.39, 0.29) is 19.5 Å². The maximum absolute atomic E-state index is 12.7. The molecule has 0 heterocycles. The van der Waals surface area contributed by atoms with Gasteiger partial charge in [0.1, 0.15) is 0 Å². The van der Waals surface area contributed by atoms with E-state index in [1.165, 1.54) is 23.3 Å². The van der Waals surface area contributed by atoms with Crippen LogP contribution in [-0.4, -0.2) is 13.9 Å². The summed E-state index contributed by atoms with van der Waals surface area (Å²) in [6, 6.07) is 22.5. The van der Waals surface area contributed by atoms with Crippen LogP contribution in [0, 0.1) is 13.8 Å². The van der Waals surface area contributed by atoms with Crippen LogP contribution in [0.2, 0.25) is 0 Å². The summed E-state index contributed by atoms with van der Waals surface area (Å²) in [6.45, 7) is 4.21. The standard InChI is InChI=1S/C15H15F3N2O2S.C8H10.Ru/c16-15(17,18)23(21,22)20-14(12-9-5-2-6-10-12)13(19)11-7-3-1-4-8-11;1-7-4-3-5-8(2)6-7;/h1-10,13-14,20H,19H2;3-6H,1-2H3;/t13-,14-;;/m1../s1. The minimum Gasteiger partial charge on any atom is -0.322 e. The molecule has 0 aromatic heterocycles. The van der Waals surface area contributed by atoms with Crippen molar-refractivity contribution in [2.75, 3.05) is 0 Å². The van der Waals surface area contributed by atoms with Gasteiger partial charge < -0.3 is 5.73 Å². The molecule has 0 aliphatic heterocycles. The topological polar surface area (TPSA) is 72.2 Å². The summed E-state index contributed by atoms with van der Waals surface area (Å²) in [5.74, 6) is 0. The number of rotatable bonds is 5. The molecule has 0 unspecified atom stereocenters.